The van der Waals surface area contributed by atoms with Crippen LogP contribution in [-0.2, 0) is 9.59 Å². The molecule has 96 valence electrons. The molecule has 0 heterocycles. The maximum absolute atomic E-state index is 11.4. The summed E-state index contributed by atoms with van der Waals surface area (Å²) in [6.07, 6.45) is -0.585. The Morgan fingerprint density at radius 1 is 1.17 bits per heavy atom. The Labute approximate surface area is 104 Å². The number of aliphatic carboxylic acids is 1. The van der Waals surface area contributed by atoms with Crippen LogP contribution in [0.1, 0.15) is 23.7 Å². The number of carbonyl (C=O) groups excluding carboxylic acids is 2. The molecule has 3 N–H and O–H groups in total. The lowest BCUT2D eigenvalue weighted by Crippen LogP contribution is -2.22. The highest BCUT2D eigenvalue weighted by Gasteiger charge is 2.08. The molecule has 0 saturated carbocycles. The lowest BCUT2D eigenvalue weighted by molar-refractivity contribution is -0.139. The van der Waals surface area contributed by atoms with Crippen LogP contribution in [0.3, 0.4) is 0 Å². The largest absolute Gasteiger partial charge is 0.481 e. The van der Waals surface area contributed by atoms with E-state index in [2.05, 4.69) is 10.6 Å². The van der Waals surface area contributed by atoms with E-state index in [9.17, 15) is 14.4 Å². The molecular formula is C12H14N2O4. The van der Waals surface area contributed by atoms with E-state index in [1.54, 1.807) is 24.3 Å². The Bertz CT molecular complexity index is 454. The summed E-state index contributed by atoms with van der Waals surface area (Å²) >= 11 is 0. The lowest BCUT2D eigenvalue weighted by atomic mass is 10.2. The van der Waals surface area contributed by atoms with Gasteiger partial charge in [-0.05, 0) is 31.2 Å². The van der Waals surface area contributed by atoms with Gasteiger partial charge < -0.3 is 15.7 Å². The van der Waals surface area contributed by atoms with Gasteiger partial charge in [0.15, 0.2) is 0 Å². The highest BCUT2D eigenvalue weighted by atomic mass is 16.4. The minimum atomic E-state index is -1.19. The molecule has 0 spiro atoms. The highest BCUT2D eigenvalue weighted by molar-refractivity contribution is 6.01. The van der Waals surface area contributed by atoms with Crippen molar-refractivity contribution in [2.24, 2.45) is 0 Å². The van der Waals surface area contributed by atoms with Gasteiger partial charge in [-0.2, -0.15) is 0 Å². The van der Waals surface area contributed by atoms with Crippen molar-refractivity contribution in [3.05, 3.63) is 29.8 Å². The van der Waals surface area contributed by atoms with E-state index >= 15 is 0 Å². The molecule has 18 heavy (non-hydrogen) atoms. The zero-order chi connectivity index (χ0) is 13.5. The number of nitrogens with one attached hydrogen (secondary N) is 2. The second-order valence-corrected chi connectivity index (χ2v) is 3.56. The van der Waals surface area contributed by atoms with Gasteiger partial charge in [0, 0.05) is 17.8 Å². The number of carbonyl (C=O) groups is 3. The van der Waals surface area contributed by atoms with Crippen molar-refractivity contribution in [1.82, 2.24) is 5.32 Å². The van der Waals surface area contributed by atoms with Crippen LogP contribution in [0.25, 0.3) is 0 Å². The quantitative estimate of drug-likeness (QED) is 0.675. The van der Waals surface area contributed by atoms with Crippen LogP contribution in [-0.4, -0.2) is 29.4 Å². The van der Waals surface area contributed by atoms with Crippen molar-refractivity contribution in [2.75, 3.05) is 11.9 Å². The van der Waals surface area contributed by atoms with Crippen molar-refractivity contribution in [2.45, 2.75) is 13.3 Å². The van der Waals surface area contributed by atoms with Crippen LogP contribution in [0.15, 0.2) is 24.3 Å². The van der Waals surface area contributed by atoms with Crippen molar-refractivity contribution < 1.29 is 19.5 Å². The third kappa shape index (κ3) is 4.25. The molecule has 0 aromatic heterocycles. The van der Waals surface area contributed by atoms with Crippen LogP contribution in [0.2, 0.25) is 0 Å². The smallest absolute Gasteiger partial charge is 0.312 e. The van der Waals surface area contributed by atoms with E-state index in [1.165, 1.54) is 0 Å². The fourth-order valence-corrected chi connectivity index (χ4v) is 1.31. The Morgan fingerprint density at radius 2 is 1.78 bits per heavy atom. The fourth-order valence-electron chi connectivity index (χ4n) is 1.31. The Hall–Kier alpha value is -2.37. The second-order valence-electron chi connectivity index (χ2n) is 3.56. The summed E-state index contributed by atoms with van der Waals surface area (Å²) in [5.41, 5.74) is 0.933. The van der Waals surface area contributed by atoms with Crippen molar-refractivity contribution in [1.29, 1.82) is 0 Å². The van der Waals surface area contributed by atoms with E-state index in [0.717, 1.165) is 0 Å². The predicted octanol–water partition coefficient (Wildman–Crippen LogP) is 0.849. The summed E-state index contributed by atoms with van der Waals surface area (Å²) < 4.78 is 0. The molecule has 1 rings (SSSR count). The SMILES string of the molecule is CCNC(=O)c1ccc(NC(=O)CC(=O)O)cc1. The maximum atomic E-state index is 11.4. The van der Waals surface area contributed by atoms with Gasteiger partial charge >= 0.3 is 5.97 Å². The van der Waals surface area contributed by atoms with Crippen LogP contribution in [0, 0.1) is 0 Å². The molecule has 0 aliphatic carbocycles. The standard InChI is InChI=1S/C12H14N2O4/c1-2-13-12(18)8-3-5-9(6-4-8)14-10(15)7-11(16)17/h3-6H,2,7H2,1H3,(H,13,18)(H,14,15)(H,16,17). The number of hydrogen-bond acceptors (Lipinski definition) is 3. The fraction of sp³-hybridized carbons (Fsp3) is 0.250. The first-order chi connectivity index (χ1) is 8.52. The summed E-state index contributed by atoms with van der Waals surface area (Å²) in [4.78, 5) is 32.9. The van der Waals surface area contributed by atoms with E-state index in [1.807, 2.05) is 6.92 Å². The second kappa shape index (κ2) is 6.39. The van der Waals surface area contributed by atoms with Crippen molar-refractivity contribution in [3.63, 3.8) is 0 Å². The van der Waals surface area contributed by atoms with E-state index in [-0.39, 0.29) is 5.91 Å². The Balaban J connectivity index is 2.63. The zero-order valence-corrected chi connectivity index (χ0v) is 9.90. The summed E-state index contributed by atoms with van der Waals surface area (Å²) in [6, 6.07) is 6.21. The molecule has 1 aromatic carbocycles. The molecule has 0 radical (unpaired) electrons. The lowest BCUT2D eigenvalue weighted by Gasteiger charge is -2.05. The molecule has 0 atom stereocenters. The van der Waals surface area contributed by atoms with E-state index in [0.29, 0.717) is 17.8 Å². The number of hydrogen-bond donors (Lipinski definition) is 3. The van der Waals surface area contributed by atoms with E-state index in [4.69, 9.17) is 5.11 Å². The Morgan fingerprint density at radius 3 is 2.28 bits per heavy atom. The summed E-state index contributed by atoms with van der Waals surface area (Å²) in [5.74, 6) is -1.99. The molecule has 6 heteroatoms. The minimum Gasteiger partial charge on any atom is -0.481 e. The van der Waals surface area contributed by atoms with Crippen molar-refractivity contribution in [3.8, 4) is 0 Å². The van der Waals surface area contributed by atoms with Gasteiger partial charge in [0.25, 0.3) is 5.91 Å². The van der Waals surface area contributed by atoms with Crippen LogP contribution in [0.4, 0.5) is 5.69 Å². The number of carboxylic acid groups (broad SMARTS) is 1. The third-order valence-corrected chi connectivity index (χ3v) is 2.08. The molecule has 2 amide bonds. The number of benzene rings is 1. The first-order valence-electron chi connectivity index (χ1n) is 5.43. The number of anilines is 1. The van der Waals surface area contributed by atoms with Crippen LogP contribution >= 0.6 is 0 Å². The summed E-state index contributed by atoms with van der Waals surface area (Å²) in [7, 11) is 0. The molecule has 0 bridgehead atoms. The van der Waals surface area contributed by atoms with Crippen molar-refractivity contribution >= 4 is 23.5 Å². The molecule has 1 aromatic rings. The third-order valence-electron chi connectivity index (χ3n) is 2.08. The molecule has 0 unspecified atom stereocenters. The molecule has 0 fully saturated rings. The van der Waals surface area contributed by atoms with E-state index < -0.39 is 18.3 Å². The Kier molecular flexibility index (Phi) is 4.86. The number of rotatable bonds is 5. The molecule has 0 aliphatic heterocycles. The van der Waals surface area contributed by atoms with Gasteiger partial charge in [-0.3, -0.25) is 14.4 Å². The summed E-state index contributed by atoms with van der Waals surface area (Å²) in [6.45, 7) is 2.36. The molecular weight excluding hydrogens is 236 g/mol. The molecule has 6 nitrogen and oxygen atoms in total. The average Bonchev–Trinajstić information content (AvgIpc) is 2.29. The van der Waals surface area contributed by atoms with Gasteiger partial charge in [0.05, 0.1) is 0 Å². The van der Waals surface area contributed by atoms with Gasteiger partial charge in [-0.25, -0.2) is 0 Å². The van der Waals surface area contributed by atoms with Gasteiger partial charge in [-0.15, -0.1) is 0 Å². The normalized spacial score (nSPS) is 9.61. The average molecular weight is 250 g/mol. The molecule has 0 aliphatic rings. The highest BCUT2D eigenvalue weighted by Crippen LogP contribution is 2.09. The first-order valence-corrected chi connectivity index (χ1v) is 5.43. The number of carboxylic acids is 1. The topological polar surface area (TPSA) is 95.5 Å². The van der Waals surface area contributed by atoms with Gasteiger partial charge in [0.2, 0.25) is 5.91 Å². The minimum absolute atomic E-state index is 0.194. The van der Waals surface area contributed by atoms with Crippen LogP contribution < -0.4 is 10.6 Å². The maximum Gasteiger partial charge on any atom is 0.312 e. The predicted molar refractivity (Wildman–Crippen MR) is 65.3 cm³/mol. The van der Waals surface area contributed by atoms with Crippen LogP contribution in [0.5, 0.6) is 0 Å². The molecule has 0 saturated heterocycles. The van der Waals surface area contributed by atoms with Gasteiger partial charge in [0.1, 0.15) is 6.42 Å². The first kappa shape index (κ1) is 13.7. The van der Waals surface area contributed by atoms with Gasteiger partial charge in [-0.1, -0.05) is 0 Å². The monoisotopic (exact) mass is 250 g/mol. The summed E-state index contributed by atoms with van der Waals surface area (Å²) in [5, 5.41) is 13.5. The number of amides is 2. The zero-order valence-electron chi connectivity index (χ0n) is 9.90.